The highest BCUT2D eigenvalue weighted by Gasteiger charge is 2.33. The molecule has 3 rings (SSSR count). The minimum Gasteiger partial charge on any atom is -0.475 e. The van der Waals surface area contributed by atoms with Crippen molar-refractivity contribution in [2.45, 2.75) is 25.7 Å². The fourth-order valence-corrected chi connectivity index (χ4v) is 2.39. The van der Waals surface area contributed by atoms with Gasteiger partial charge in [0, 0.05) is 16.5 Å². The number of halogens is 1. The second-order valence-corrected chi connectivity index (χ2v) is 5.27. The summed E-state index contributed by atoms with van der Waals surface area (Å²) >= 11 is 6.00. The van der Waals surface area contributed by atoms with E-state index in [1.165, 1.54) is 0 Å². The second-order valence-electron chi connectivity index (χ2n) is 4.83. The van der Waals surface area contributed by atoms with Crippen LogP contribution < -0.4 is 0 Å². The summed E-state index contributed by atoms with van der Waals surface area (Å²) < 4.78 is 5.40. The molecule has 0 spiro atoms. The first kappa shape index (κ1) is 12.2. The van der Waals surface area contributed by atoms with Crippen LogP contribution in [0.2, 0.25) is 5.02 Å². The van der Waals surface area contributed by atoms with Gasteiger partial charge in [-0.25, -0.2) is 9.78 Å². The molecule has 5 heteroatoms. The predicted molar refractivity (Wildman–Crippen MR) is 70.6 cm³/mol. The van der Waals surface area contributed by atoms with Crippen molar-refractivity contribution in [2.75, 3.05) is 0 Å². The van der Waals surface area contributed by atoms with Gasteiger partial charge in [0.2, 0.25) is 11.7 Å². The third kappa shape index (κ3) is 2.36. The number of aromatic nitrogens is 1. The summed E-state index contributed by atoms with van der Waals surface area (Å²) in [4.78, 5) is 15.5. The first-order valence-corrected chi connectivity index (χ1v) is 6.44. The summed E-state index contributed by atoms with van der Waals surface area (Å²) in [6.45, 7) is 1.91. The van der Waals surface area contributed by atoms with E-state index in [0.29, 0.717) is 22.2 Å². The van der Waals surface area contributed by atoms with Gasteiger partial charge >= 0.3 is 5.97 Å². The second kappa shape index (κ2) is 4.38. The lowest BCUT2D eigenvalue weighted by molar-refractivity contribution is 0.0661. The Morgan fingerprint density at radius 2 is 2.16 bits per heavy atom. The fourth-order valence-electron chi connectivity index (χ4n) is 2.10. The van der Waals surface area contributed by atoms with Gasteiger partial charge in [0.05, 0.1) is 5.69 Å². The number of aromatic carboxylic acids is 1. The molecule has 2 aromatic rings. The van der Waals surface area contributed by atoms with Crippen LogP contribution >= 0.6 is 11.6 Å². The van der Waals surface area contributed by atoms with E-state index in [0.717, 1.165) is 18.4 Å². The molecule has 98 valence electrons. The summed E-state index contributed by atoms with van der Waals surface area (Å²) in [7, 11) is 0. The van der Waals surface area contributed by atoms with Crippen molar-refractivity contribution < 1.29 is 14.3 Å². The lowest BCUT2D eigenvalue weighted by Crippen LogP contribution is -1.98. The van der Waals surface area contributed by atoms with E-state index >= 15 is 0 Å². The molecule has 1 fully saturated rings. The molecular formula is C14H12ClNO3. The molecule has 19 heavy (non-hydrogen) atoms. The molecule has 1 aliphatic carbocycles. The molecule has 0 amide bonds. The average molecular weight is 278 g/mol. The Labute approximate surface area is 115 Å². The molecule has 1 aromatic heterocycles. The Balaban J connectivity index is 2.09. The van der Waals surface area contributed by atoms with Gasteiger partial charge < -0.3 is 9.52 Å². The van der Waals surface area contributed by atoms with Gasteiger partial charge in [-0.3, -0.25) is 0 Å². The first-order valence-electron chi connectivity index (χ1n) is 6.06. The number of hydrogen-bond donors (Lipinski definition) is 1. The number of oxazole rings is 1. The van der Waals surface area contributed by atoms with Crippen molar-refractivity contribution >= 4 is 17.6 Å². The molecule has 0 saturated heterocycles. The molecule has 1 saturated carbocycles. The van der Waals surface area contributed by atoms with E-state index in [-0.39, 0.29) is 11.7 Å². The molecule has 4 nitrogen and oxygen atoms in total. The van der Waals surface area contributed by atoms with Crippen LogP contribution in [0.15, 0.2) is 22.6 Å². The lowest BCUT2D eigenvalue weighted by Gasteiger charge is -1.99. The molecule has 1 aliphatic rings. The number of nitrogens with zero attached hydrogens (tertiary/aromatic N) is 1. The topological polar surface area (TPSA) is 63.3 Å². The van der Waals surface area contributed by atoms with E-state index < -0.39 is 5.97 Å². The standard InChI is InChI=1S/C14H12ClNO3/c1-7-4-9(6-10(15)5-7)13-16-11(8-2-3-8)12(19-13)14(17)18/h4-6,8H,2-3H2,1H3,(H,17,18). The van der Waals surface area contributed by atoms with Gasteiger partial charge in [-0.1, -0.05) is 11.6 Å². The summed E-state index contributed by atoms with van der Waals surface area (Å²) in [5.74, 6) is -0.566. The van der Waals surface area contributed by atoms with Crippen LogP contribution in [0.4, 0.5) is 0 Å². The minimum atomic E-state index is -1.07. The van der Waals surface area contributed by atoms with Gasteiger partial charge in [-0.2, -0.15) is 0 Å². The quantitative estimate of drug-likeness (QED) is 0.925. The monoisotopic (exact) mass is 277 g/mol. The van der Waals surface area contributed by atoms with Crippen LogP contribution in [0.5, 0.6) is 0 Å². The van der Waals surface area contributed by atoms with Crippen molar-refractivity contribution in [3.8, 4) is 11.5 Å². The fraction of sp³-hybridized carbons (Fsp3) is 0.286. The molecular weight excluding hydrogens is 266 g/mol. The highest BCUT2D eigenvalue weighted by atomic mass is 35.5. The van der Waals surface area contributed by atoms with Gasteiger partial charge in [0.15, 0.2) is 0 Å². The largest absolute Gasteiger partial charge is 0.475 e. The van der Waals surface area contributed by atoms with Gasteiger partial charge in [0.25, 0.3) is 0 Å². The number of carboxylic acid groups (broad SMARTS) is 1. The van der Waals surface area contributed by atoms with Crippen LogP contribution in [0.25, 0.3) is 11.5 Å². The summed E-state index contributed by atoms with van der Waals surface area (Å²) in [5, 5.41) is 9.73. The number of carbonyl (C=O) groups is 1. The lowest BCUT2D eigenvalue weighted by atomic mass is 10.1. The number of aryl methyl sites for hydroxylation is 1. The average Bonchev–Trinajstić information content (AvgIpc) is 3.06. The van der Waals surface area contributed by atoms with Crippen molar-refractivity contribution in [3.05, 3.63) is 40.2 Å². The predicted octanol–water partition coefficient (Wildman–Crippen LogP) is 3.88. The van der Waals surface area contributed by atoms with Crippen molar-refractivity contribution in [1.82, 2.24) is 4.98 Å². The number of hydrogen-bond acceptors (Lipinski definition) is 3. The highest BCUT2D eigenvalue weighted by Crippen LogP contribution is 2.42. The Morgan fingerprint density at radius 1 is 1.42 bits per heavy atom. The van der Waals surface area contributed by atoms with Gasteiger partial charge in [0.1, 0.15) is 0 Å². The minimum absolute atomic E-state index is 0.0462. The normalized spacial score (nSPS) is 14.6. The van der Waals surface area contributed by atoms with E-state index in [1.54, 1.807) is 6.07 Å². The number of carboxylic acids is 1. The van der Waals surface area contributed by atoms with Crippen LogP contribution in [0.1, 0.15) is 40.6 Å². The first-order chi connectivity index (χ1) is 9.04. The SMILES string of the molecule is Cc1cc(Cl)cc(-c2nc(C3CC3)c(C(=O)O)o2)c1. The van der Waals surface area contributed by atoms with E-state index in [4.69, 9.17) is 21.1 Å². The Morgan fingerprint density at radius 3 is 2.74 bits per heavy atom. The zero-order valence-electron chi connectivity index (χ0n) is 10.3. The van der Waals surface area contributed by atoms with Crippen molar-refractivity contribution in [1.29, 1.82) is 0 Å². The summed E-state index contributed by atoms with van der Waals surface area (Å²) in [5.41, 5.74) is 2.24. The smallest absolute Gasteiger partial charge is 0.373 e. The van der Waals surface area contributed by atoms with E-state index in [1.807, 2.05) is 19.1 Å². The summed E-state index contributed by atoms with van der Waals surface area (Å²) in [6, 6.07) is 5.43. The maximum absolute atomic E-state index is 11.2. The van der Waals surface area contributed by atoms with Crippen LogP contribution in [0.3, 0.4) is 0 Å². The van der Waals surface area contributed by atoms with Gasteiger partial charge in [-0.05, 0) is 43.5 Å². The third-order valence-electron chi connectivity index (χ3n) is 3.10. The Bertz CT molecular complexity index is 638. The molecule has 0 aliphatic heterocycles. The van der Waals surface area contributed by atoms with Crippen molar-refractivity contribution in [2.24, 2.45) is 0 Å². The third-order valence-corrected chi connectivity index (χ3v) is 3.32. The van der Waals surface area contributed by atoms with Crippen LogP contribution in [-0.2, 0) is 0 Å². The van der Waals surface area contributed by atoms with Crippen LogP contribution in [-0.4, -0.2) is 16.1 Å². The Hall–Kier alpha value is -1.81. The zero-order chi connectivity index (χ0) is 13.6. The Kier molecular flexibility index (Phi) is 2.82. The molecule has 1 heterocycles. The maximum atomic E-state index is 11.2. The van der Waals surface area contributed by atoms with E-state index in [2.05, 4.69) is 4.98 Å². The van der Waals surface area contributed by atoms with Gasteiger partial charge in [-0.15, -0.1) is 0 Å². The molecule has 0 atom stereocenters. The van der Waals surface area contributed by atoms with Crippen molar-refractivity contribution in [3.63, 3.8) is 0 Å². The number of benzene rings is 1. The molecule has 1 N–H and O–H groups in total. The highest BCUT2D eigenvalue weighted by molar-refractivity contribution is 6.30. The molecule has 1 aromatic carbocycles. The van der Waals surface area contributed by atoms with Crippen LogP contribution in [0, 0.1) is 6.92 Å². The van der Waals surface area contributed by atoms with E-state index in [9.17, 15) is 4.79 Å². The maximum Gasteiger partial charge on any atom is 0.373 e. The summed E-state index contributed by atoms with van der Waals surface area (Å²) in [6.07, 6.45) is 1.95. The number of rotatable bonds is 3. The zero-order valence-corrected chi connectivity index (χ0v) is 11.1. The molecule has 0 radical (unpaired) electrons. The molecule has 0 bridgehead atoms. The molecule has 0 unspecified atom stereocenters.